The Balaban J connectivity index is 1.97. The molecule has 0 saturated carbocycles. The number of rotatable bonds is 9. The molecule has 1 aliphatic heterocycles. The zero-order valence-corrected chi connectivity index (χ0v) is 18.4. The van der Waals surface area contributed by atoms with E-state index in [-0.39, 0.29) is 5.78 Å². The van der Waals surface area contributed by atoms with Crippen molar-refractivity contribution in [2.45, 2.75) is 69.6 Å². The molecule has 0 N–H and O–H groups in total. The van der Waals surface area contributed by atoms with Crippen LogP contribution in [0.1, 0.15) is 59.8 Å². The highest BCUT2D eigenvalue weighted by Gasteiger charge is 2.36. The van der Waals surface area contributed by atoms with Gasteiger partial charge in [-0.2, -0.15) is 0 Å². The minimum Gasteiger partial charge on any atom is -0.300 e. The first-order valence-corrected chi connectivity index (χ1v) is 12.4. The maximum atomic E-state index is 11.3. The van der Waals surface area contributed by atoms with E-state index in [9.17, 15) is 4.79 Å². The molecule has 1 nitrogen and oxygen atoms in total. The van der Waals surface area contributed by atoms with Gasteiger partial charge in [0.05, 0.1) is 4.58 Å². The molecule has 2 rings (SSSR count). The fraction of sp³-hybridized carbons (Fsp3) is 0.667. The van der Waals surface area contributed by atoms with Crippen LogP contribution in [0.3, 0.4) is 0 Å². The van der Waals surface area contributed by atoms with Crippen LogP contribution in [0.25, 0.3) is 0 Å². The van der Waals surface area contributed by atoms with Gasteiger partial charge >= 0.3 is 0 Å². The van der Waals surface area contributed by atoms with E-state index >= 15 is 0 Å². The predicted octanol–water partition coefficient (Wildman–Crippen LogP) is 7.06. The fourth-order valence-electron chi connectivity index (χ4n) is 3.32. The molecule has 1 fully saturated rings. The monoisotopic (exact) mass is 396 g/mol. The van der Waals surface area contributed by atoms with Gasteiger partial charge in [0.15, 0.2) is 0 Å². The topological polar surface area (TPSA) is 17.1 Å². The predicted molar refractivity (Wildman–Crippen MR) is 118 cm³/mol. The molecule has 25 heavy (non-hydrogen) atoms. The van der Waals surface area contributed by atoms with E-state index in [1.54, 1.807) is 6.92 Å². The van der Waals surface area contributed by atoms with Gasteiger partial charge in [0, 0.05) is 16.6 Å². The van der Waals surface area contributed by atoms with Crippen molar-refractivity contribution in [3.8, 4) is 0 Å². The lowest BCUT2D eigenvalue weighted by atomic mass is 9.92. The molecule has 1 aliphatic carbocycles. The maximum absolute atomic E-state index is 11.3. The number of hydrogen-bond acceptors (Lipinski definition) is 4. The van der Waals surface area contributed by atoms with Crippen LogP contribution in [0.5, 0.6) is 0 Å². The van der Waals surface area contributed by atoms with E-state index in [1.165, 1.54) is 22.7 Å². The Bertz CT molecular complexity index is 535. The molecular formula is C21H32OS3. The summed E-state index contributed by atoms with van der Waals surface area (Å²) < 4.78 is 0.636. The number of Topliss-reactive ketones (excluding diaryl/α,β-unsaturated/α-hetero) is 1. The molecule has 0 radical (unpaired) electrons. The van der Waals surface area contributed by atoms with Gasteiger partial charge in [0.25, 0.3) is 0 Å². The van der Waals surface area contributed by atoms with Crippen molar-refractivity contribution < 1.29 is 4.79 Å². The molecule has 140 valence electrons. The largest absolute Gasteiger partial charge is 0.300 e. The zero-order valence-electron chi connectivity index (χ0n) is 16.0. The van der Waals surface area contributed by atoms with E-state index < -0.39 is 0 Å². The standard InChI is InChI=1S/C21H32OS3/c1-5-8-18(12-11-16(4)22)24-21-15(3)13-20(25-21)17-9-7-10-19(14-17)23-6-2/h7,10,12,14-15,17,20-21H,5-6,8-9,11,13H2,1-4H3. The average molecular weight is 397 g/mol. The fourth-order valence-corrected chi connectivity index (χ4v) is 7.81. The number of thioether (sulfide) groups is 3. The van der Waals surface area contributed by atoms with Gasteiger partial charge in [-0.3, -0.25) is 4.79 Å². The van der Waals surface area contributed by atoms with E-state index in [4.69, 9.17) is 0 Å². The summed E-state index contributed by atoms with van der Waals surface area (Å²) >= 11 is 6.18. The Morgan fingerprint density at radius 3 is 2.88 bits per heavy atom. The van der Waals surface area contributed by atoms with Gasteiger partial charge < -0.3 is 0 Å². The van der Waals surface area contributed by atoms with Crippen LogP contribution in [0, 0.1) is 11.8 Å². The first-order valence-electron chi connectivity index (χ1n) is 9.55. The molecule has 4 heteroatoms. The molecule has 0 aromatic carbocycles. The summed E-state index contributed by atoms with van der Waals surface area (Å²) in [7, 11) is 0. The van der Waals surface area contributed by atoms with Crippen LogP contribution in [0.2, 0.25) is 0 Å². The van der Waals surface area contributed by atoms with Crippen molar-refractivity contribution in [2.75, 3.05) is 5.75 Å². The van der Waals surface area contributed by atoms with E-state index in [1.807, 2.05) is 23.5 Å². The van der Waals surface area contributed by atoms with Crippen molar-refractivity contribution in [1.29, 1.82) is 0 Å². The second-order valence-corrected chi connectivity index (χ2v) is 11.3. The van der Waals surface area contributed by atoms with Crippen LogP contribution in [0.4, 0.5) is 0 Å². The molecule has 1 saturated heterocycles. The summed E-state index contributed by atoms with van der Waals surface area (Å²) in [4.78, 5) is 14.2. The van der Waals surface area contributed by atoms with Gasteiger partial charge in [0.2, 0.25) is 0 Å². The molecule has 4 atom stereocenters. The van der Waals surface area contributed by atoms with Crippen LogP contribution < -0.4 is 0 Å². The normalized spacial score (nSPS) is 29.8. The SMILES string of the molecule is CCCC(=CCC(C)=O)SC1SC(C2C=C(SCC)C=CC2)CC1C. The Morgan fingerprint density at radius 1 is 1.40 bits per heavy atom. The summed E-state index contributed by atoms with van der Waals surface area (Å²) in [5.41, 5.74) is 0. The molecule has 0 spiro atoms. The summed E-state index contributed by atoms with van der Waals surface area (Å²) in [5.74, 6) is 2.84. The summed E-state index contributed by atoms with van der Waals surface area (Å²) in [6.07, 6.45) is 14.7. The van der Waals surface area contributed by atoms with Crippen LogP contribution in [-0.2, 0) is 4.79 Å². The van der Waals surface area contributed by atoms with Crippen molar-refractivity contribution in [2.24, 2.45) is 11.8 Å². The molecule has 0 amide bonds. The first-order chi connectivity index (χ1) is 12.0. The molecule has 0 aromatic rings. The second kappa shape index (κ2) is 10.9. The third kappa shape index (κ3) is 6.88. The van der Waals surface area contributed by atoms with Gasteiger partial charge in [-0.1, -0.05) is 51.5 Å². The Labute approximate surface area is 166 Å². The highest BCUT2D eigenvalue weighted by atomic mass is 32.2. The van der Waals surface area contributed by atoms with E-state index in [0.29, 0.717) is 16.9 Å². The Hall–Kier alpha value is -0.0600. The van der Waals surface area contributed by atoms with Crippen molar-refractivity contribution in [3.63, 3.8) is 0 Å². The van der Waals surface area contributed by atoms with Crippen LogP contribution in [-0.4, -0.2) is 21.4 Å². The smallest absolute Gasteiger partial charge is 0.133 e. The lowest BCUT2D eigenvalue weighted by Crippen LogP contribution is -2.14. The lowest BCUT2D eigenvalue weighted by molar-refractivity contribution is -0.116. The second-order valence-electron chi connectivity index (χ2n) is 7.00. The van der Waals surface area contributed by atoms with Gasteiger partial charge in [-0.15, -0.1) is 35.3 Å². The van der Waals surface area contributed by atoms with Crippen molar-refractivity contribution >= 4 is 41.1 Å². The van der Waals surface area contributed by atoms with Crippen LogP contribution in [0.15, 0.2) is 34.1 Å². The molecule has 2 aliphatic rings. The summed E-state index contributed by atoms with van der Waals surface area (Å²) in [6.45, 7) is 8.54. The van der Waals surface area contributed by atoms with E-state index in [0.717, 1.165) is 29.8 Å². The Kier molecular flexibility index (Phi) is 9.29. The molecule has 1 heterocycles. The van der Waals surface area contributed by atoms with Gasteiger partial charge in [-0.25, -0.2) is 0 Å². The highest BCUT2D eigenvalue weighted by Crippen LogP contribution is 2.51. The van der Waals surface area contributed by atoms with Gasteiger partial charge in [-0.05, 0) is 48.7 Å². The van der Waals surface area contributed by atoms with Crippen LogP contribution >= 0.6 is 35.3 Å². The number of hydrogen-bond donors (Lipinski definition) is 0. The average Bonchev–Trinajstić information content (AvgIpc) is 2.94. The zero-order chi connectivity index (χ0) is 18.2. The van der Waals surface area contributed by atoms with Gasteiger partial charge in [0.1, 0.15) is 5.78 Å². The summed E-state index contributed by atoms with van der Waals surface area (Å²) in [6, 6.07) is 0. The molecule has 4 unspecified atom stereocenters. The third-order valence-corrected chi connectivity index (χ3v) is 9.13. The molecular weight excluding hydrogens is 364 g/mol. The lowest BCUT2D eigenvalue weighted by Gasteiger charge is -2.22. The number of carbonyl (C=O) groups excluding carboxylic acids is 1. The number of allylic oxidation sites excluding steroid dienone is 5. The van der Waals surface area contributed by atoms with Crippen molar-refractivity contribution in [1.82, 2.24) is 0 Å². The maximum Gasteiger partial charge on any atom is 0.133 e. The quantitative estimate of drug-likeness (QED) is 0.414. The van der Waals surface area contributed by atoms with Crippen molar-refractivity contribution in [3.05, 3.63) is 34.1 Å². The number of carbonyl (C=O) groups is 1. The third-order valence-electron chi connectivity index (χ3n) is 4.62. The minimum atomic E-state index is 0.263. The minimum absolute atomic E-state index is 0.263. The summed E-state index contributed by atoms with van der Waals surface area (Å²) in [5, 5.41) is 0.737. The van der Waals surface area contributed by atoms with E-state index in [2.05, 4.69) is 56.8 Å². The number of ketones is 1. The highest BCUT2D eigenvalue weighted by molar-refractivity contribution is 8.19. The molecule has 0 aromatic heterocycles. The Morgan fingerprint density at radius 2 is 2.20 bits per heavy atom. The molecule has 0 bridgehead atoms. The first kappa shape index (κ1) is 21.2.